The third kappa shape index (κ3) is 4.31. The van der Waals surface area contributed by atoms with Crippen LogP contribution in [0.1, 0.15) is 12.0 Å². The van der Waals surface area contributed by atoms with Crippen molar-refractivity contribution in [2.75, 3.05) is 39.9 Å². The zero-order valence-corrected chi connectivity index (χ0v) is 13.2. The molecular weight excluding hydrogens is 306 g/mol. The number of nitrogens with one attached hydrogen (secondary N) is 1. The molecule has 7 heteroatoms. The zero-order valence-electron chi connectivity index (χ0n) is 13.2. The molecular formula is C16H22F2N2O3. The van der Waals surface area contributed by atoms with E-state index in [4.69, 9.17) is 4.74 Å². The summed E-state index contributed by atoms with van der Waals surface area (Å²) in [6.07, 6.45) is -2.38. The molecule has 0 saturated carbocycles. The van der Waals surface area contributed by atoms with E-state index in [9.17, 15) is 8.78 Å². The van der Waals surface area contributed by atoms with Gasteiger partial charge in [0.2, 0.25) is 0 Å². The van der Waals surface area contributed by atoms with Gasteiger partial charge in [-0.1, -0.05) is 6.07 Å². The van der Waals surface area contributed by atoms with Crippen molar-refractivity contribution in [3.63, 3.8) is 0 Å². The quantitative estimate of drug-likeness (QED) is 0.830. The van der Waals surface area contributed by atoms with E-state index in [0.717, 1.165) is 38.3 Å². The zero-order chi connectivity index (χ0) is 16.3. The maximum atomic E-state index is 13.0. The van der Waals surface area contributed by atoms with Crippen molar-refractivity contribution < 1.29 is 23.0 Å². The van der Waals surface area contributed by atoms with E-state index in [1.54, 1.807) is 19.2 Å². The standard InChI is InChI=1S/C16H22F2N2O3/c1-21-7-6-20-5-4-13(11-20)10-19-9-12-2-3-14-15(8-12)23-16(17,18)22-14/h2-3,8,13,19H,4-7,9-11H2,1H3. The minimum Gasteiger partial charge on any atom is -0.395 e. The van der Waals surface area contributed by atoms with Gasteiger partial charge in [-0.05, 0) is 43.1 Å². The Bertz CT molecular complexity index is 542. The molecule has 1 unspecified atom stereocenters. The van der Waals surface area contributed by atoms with E-state index in [1.807, 2.05) is 0 Å². The number of fused-ring (bicyclic) bond motifs is 1. The Labute approximate surface area is 134 Å². The van der Waals surface area contributed by atoms with E-state index in [0.29, 0.717) is 12.5 Å². The Hall–Kier alpha value is -1.44. The largest absolute Gasteiger partial charge is 0.586 e. The number of halogens is 2. The SMILES string of the molecule is COCCN1CCC(CNCc2ccc3c(c2)OC(F)(F)O3)C1. The molecule has 0 aromatic heterocycles. The van der Waals surface area contributed by atoms with Gasteiger partial charge < -0.3 is 24.4 Å². The van der Waals surface area contributed by atoms with Gasteiger partial charge in [0.25, 0.3) is 0 Å². The minimum atomic E-state index is -3.55. The number of nitrogens with zero attached hydrogens (tertiary/aromatic N) is 1. The van der Waals surface area contributed by atoms with Gasteiger partial charge in [0, 0.05) is 26.7 Å². The Balaban J connectivity index is 1.42. The van der Waals surface area contributed by atoms with Crippen molar-refractivity contribution in [2.45, 2.75) is 19.3 Å². The van der Waals surface area contributed by atoms with Gasteiger partial charge in [0.05, 0.1) is 6.61 Å². The lowest BCUT2D eigenvalue weighted by molar-refractivity contribution is -0.286. The maximum Gasteiger partial charge on any atom is 0.586 e. The molecule has 2 aliphatic heterocycles. The number of likely N-dealkylation sites (tertiary alicyclic amines) is 1. The molecule has 5 nitrogen and oxygen atoms in total. The first-order chi connectivity index (χ1) is 11.1. The highest BCUT2D eigenvalue weighted by atomic mass is 19.3. The van der Waals surface area contributed by atoms with Crippen LogP contribution in [0, 0.1) is 5.92 Å². The smallest absolute Gasteiger partial charge is 0.395 e. The molecule has 0 bridgehead atoms. The summed E-state index contributed by atoms with van der Waals surface area (Å²) in [7, 11) is 1.72. The fourth-order valence-corrected chi connectivity index (χ4v) is 3.03. The average Bonchev–Trinajstić information content (AvgIpc) is 3.07. The van der Waals surface area contributed by atoms with Crippen molar-refractivity contribution in [1.82, 2.24) is 10.2 Å². The summed E-state index contributed by atoms with van der Waals surface area (Å²) < 4.78 is 39.9. The van der Waals surface area contributed by atoms with E-state index in [1.165, 1.54) is 12.5 Å². The lowest BCUT2D eigenvalue weighted by atomic mass is 10.1. The lowest BCUT2D eigenvalue weighted by Gasteiger charge is -2.15. The normalized spacial score (nSPS) is 22.7. The second-order valence-corrected chi connectivity index (χ2v) is 6.03. The van der Waals surface area contributed by atoms with Gasteiger partial charge in [0.15, 0.2) is 11.5 Å². The molecule has 0 amide bonds. The van der Waals surface area contributed by atoms with Crippen molar-refractivity contribution >= 4 is 0 Å². The molecule has 0 aliphatic carbocycles. The molecule has 1 aromatic rings. The third-order valence-corrected chi connectivity index (χ3v) is 4.21. The second-order valence-electron chi connectivity index (χ2n) is 6.03. The van der Waals surface area contributed by atoms with Crippen LogP contribution in [0.3, 0.4) is 0 Å². The van der Waals surface area contributed by atoms with E-state index >= 15 is 0 Å². The van der Waals surface area contributed by atoms with Gasteiger partial charge in [0.1, 0.15) is 0 Å². The molecule has 1 aromatic carbocycles. The lowest BCUT2D eigenvalue weighted by Crippen LogP contribution is -2.28. The highest BCUT2D eigenvalue weighted by molar-refractivity contribution is 5.45. The first-order valence-corrected chi connectivity index (χ1v) is 7.86. The Kier molecular flexibility index (Phi) is 4.99. The molecule has 1 atom stereocenters. The molecule has 2 heterocycles. The summed E-state index contributed by atoms with van der Waals surface area (Å²) in [5.41, 5.74) is 0.902. The van der Waals surface area contributed by atoms with Crippen molar-refractivity contribution in [2.24, 2.45) is 5.92 Å². The summed E-state index contributed by atoms with van der Waals surface area (Å²) in [6, 6.07) is 4.90. The Morgan fingerprint density at radius 1 is 1.35 bits per heavy atom. The van der Waals surface area contributed by atoms with Gasteiger partial charge in [-0.2, -0.15) is 0 Å². The second kappa shape index (κ2) is 6.98. The predicted molar refractivity (Wildman–Crippen MR) is 80.8 cm³/mol. The van der Waals surface area contributed by atoms with E-state index in [-0.39, 0.29) is 11.5 Å². The third-order valence-electron chi connectivity index (χ3n) is 4.21. The topological polar surface area (TPSA) is 43.0 Å². The summed E-state index contributed by atoms with van der Waals surface area (Å²) in [5, 5.41) is 3.39. The van der Waals surface area contributed by atoms with Crippen molar-refractivity contribution in [3.8, 4) is 11.5 Å². The first-order valence-electron chi connectivity index (χ1n) is 7.86. The van der Waals surface area contributed by atoms with E-state index < -0.39 is 6.29 Å². The van der Waals surface area contributed by atoms with Crippen molar-refractivity contribution in [3.05, 3.63) is 23.8 Å². The van der Waals surface area contributed by atoms with Crippen LogP contribution in [0.2, 0.25) is 0 Å². The van der Waals surface area contributed by atoms with Crippen LogP contribution in [0.15, 0.2) is 18.2 Å². The summed E-state index contributed by atoms with van der Waals surface area (Å²) in [4.78, 5) is 2.40. The molecule has 2 aliphatic rings. The van der Waals surface area contributed by atoms with Crippen LogP contribution in [0.4, 0.5) is 8.78 Å². The molecule has 23 heavy (non-hydrogen) atoms. The number of alkyl halides is 2. The fraction of sp³-hybridized carbons (Fsp3) is 0.625. The van der Waals surface area contributed by atoms with Crippen LogP contribution < -0.4 is 14.8 Å². The number of ether oxygens (including phenoxy) is 3. The minimum absolute atomic E-state index is 0.0864. The molecule has 1 N–H and O–H groups in total. The monoisotopic (exact) mass is 328 g/mol. The molecule has 0 radical (unpaired) electrons. The number of hydrogen-bond acceptors (Lipinski definition) is 5. The van der Waals surface area contributed by atoms with Crippen LogP contribution in [-0.2, 0) is 11.3 Å². The van der Waals surface area contributed by atoms with Crippen LogP contribution in [0.5, 0.6) is 11.5 Å². The van der Waals surface area contributed by atoms with Gasteiger partial charge >= 0.3 is 6.29 Å². The number of hydrogen-bond donors (Lipinski definition) is 1. The molecule has 3 rings (SSSR count). The number of methoxy groups -OCH3 is 1. The van der Waals surface area contributed by atoms with Crippen LogP contribution >= 0.6 is 0 Å². The number of rotatable bonds is 7. The summed E-state index contributed by atoms with van der Waals surface area (Å²) in [6.45, 7) is 5.45. The van der Waals surface area contributed by atoms with Crippen LogP contribution in [-0.4, -0.2) is 51.1 Å². The Morgan fingerprint density at radius 2 is 2.17 bits per heavy atom. The van der Waals surface area contributed by atoms with Gasteiger partial charge in [-0.3, -0.25) is 0 Å². The molecule has 1 saturated heterocycles. The number of benzene rings is 1. The average molecular weight is 328 g/mol. The maximum absolute atomic E-state index is 13.0. The molecule has 1 fully saturated rings. The Morgan fingerprint density at radius 3 is 3.00 bits per heavy atom. The first kappa shape index (κ1) is 16.4. The van der Waals surface area contributed by atoms with Crippen molar-refractivity contribution in [1.29, 1.82) is 0 Å². The molecule has 128 valence electrons. The highest BCUT2D eigenvalue weighted by Gasteiger charge is 2.43. The predicted octanol–water partition coefficient (Wildman–Crippen LogP) is 2.07. The van der Waals surface area contributed by atoms with Gasteiger partial charge in [-0.15, -0.1) is 8.78 Å². The molecule has 0 spiro atoms. The van der Waals surface area contributed by atoms with Crippen LogP contribution in [0.25, 0.3) is 0 Å². The summed E-state index contributed by atoms with van der Waals surface area (Å²) in [5.74, 6) is 0.800. The highest BCUT2D eigenvalue weighted by Crippen LogP contribution is 2.41. The van der Waals surface area contributed by atoms with E-state index in [2.05, 4.69) is 19.7 Å². The van der Waals surface area contributed by atoms with Gasteiger partial charge in [-0.25, -0.2) is 0 Å². The fourth-order valence-electron chi connectivity index (χ4n) is 3.03. The summed E-state index contributed by atoms with van der Waals surface area (Å²) >= 11 is 0.